The molecule has 12 heteroatoms. The fourth-order valence-corrected chi connectivity index (χ4v) is 3.49. The predicted molar refractivity (Wildman–Crippen MR) is 150 cm³/mol. The van der Waals surface area contributed by atoms with Gasteiger partial charge in [-0.2, -0.15) is 0 Å². The largest absolute Gasteiger partial charge is 0.465 e. The fourth-order valence-electron chi connectivity index (χ4n) is 3.49. The average molecular weight is 551 g/mol. The lowest BCUT2D eigenvalue weighted by molar-refractivity contribution is -0.137. The first-order chi connectivity index (χ1) is 19.0. The summed E-state index contributed by atoms with van der Waals surface area (Å²) in [6.45, 7) is 3.10. The lowest BCUT2D eigenvalue weighted by Gasteiger charge is -2.13. The monoisotopic (exact) mass is 550 g/mol. The van der Waals surface area contributed by atoms with Crippen LogP contribution >= 0.6 is 0 Å². The molecule has 0 spiro atoms. The number of carbonyl (C=O) groups excluding carboxylic acids is 4. The molecule has 0 saturated carbocycles. The van der Waals surface area contributed by atoms with E-state index in [4.69, 9.17) is 30.4 Å². The Bertz CT molecular complexity index is 1310. The molecule has 0 aliphatic carbocycles. The van der Waals surface area contributed by atoms with Gasteiger partial charge < -0.3 is 30.4 Å². The van der Waals surface area contributed by atoms with Crippen molar-refractivity contribution in [2.45, 2.75) is 13.8 Å². The second-order valence-electron chi connectivity index (χ2n) is 8.11. The Morgan fingerprint density at radius 3 is 1.05 bits per heavy atom. The van der Waals surface area contributed by atoms with Crippen LogP contribution in [0.3, 0.4) is 0 Å². The van der Waals surface area contributed by atoms with Gasteiger partial charge in [-0.25, -0.2) is 19.2 Å². The fraction of sp³-hybridized carbons (Fsp3) is 0.214. The van der Waals surface area contributed by atoms with Gasteiger partial charge in [0.25, 0.3) is 0 Å². The Kier molecular flexibility index (Phi) is 10.9. The van der Waals surface area contributed by atoms with E-state index in [1.807, 2.05) is 0 Å². The molecule has 210 valence electrons. The van der Waals surface area contributed by atoms with Crippen molar-refractivity contribution in [3.63, 3.8) is 0 Å². The number of nitrogens with zero attached hydrogens (tertiary/aromatic N) is 2. The van der Waals surface area contributed by atoms with Gasteiger partial charge in [-0.05, 0) is 60.4 Å². The van der Waals surface area contributed by atoms with E-state index in [1.54, 1.807) is 62.4 Å². The van der Waals surface area contributed by atoms with Crippen molar-refractivity contribution in [2.75, 3.05) is 39.9 Å². The van der Waals surface area contributed by atoms with E-state index in [0.717, 1.165) is 28.4 Å². The minimum Gasteiger partial charge on any atom is -0.465 e. The van der Waals surface area contributed by atoms with Crippen LogP contribution in [-0.4, -0.2) is 63.7 Å². The van der Waals surface area contributed by atoms with Gasteiger partial charge >= 0.3 is 23.9 Å². The molecule has 0 fully saturated rings. The van der Waals surface area contributed by atoms with E-state index in [1.165, 1.54) is 0 Å². The lowest BCUT2D eigenvalue weighted by Crippen LogP contribution is -2.27. The van der Waals surface area contributed by atoms with Crippen LogP contribution in [0.5, 0.6) is 0 Å². The smallest absolute Gasteiger partial charge is 0.359 e. The highest BCUT2D eigenvalue weighted by atomic mass is 16.5. The molecule has 2 rings (SSSR count). The van der Waals surface area contributed by atoms with Crippen molar-refractivity contribution in [2.24, 2.45) is 10.2 Å². The van der Waals surface area contributed by atoms with Crippen LogP contribution in [0.4, 0.5) is 11.4 Å². The van der Waals surface area contributed by atoms with Crippen molar-refractivity contribution in [3.8, 4) is 0 Å². The van der Waals surface area contributed by atoms with Gasteiger partial charge in [0.1, 0.15) is 0 Å². The predicted octanol–water partition coefficient (Wildman–Crippen LogP) is 2.59. The molecule has 0 atom stereocenters. The highest BCUT2D eigenvalue weighted by Gasteiger charge is 2.30. The zero-order chi connectivity index (χ0) is 30.0. The summed E-state index contributed by atoms with van der Waals surface area (Å²) in [6.07, 6.45) is 0. The summed E-state index contributed by atoms with van der Waals surface area (Å²) >= 11 is 0. The number of hydrogen-bond donors (Lipinski definition) is 2. The number of ether oxygens (including phenoxy) is 4. The molecule has 0 unspecified atom stereocenters. The maximum atomic E-state index is 12.9. The van der Waals surface area contributed by atoms with Gasteiger partial charge in [0, 0.05) is 11.4 Å². The zero-order valence-corrected chi connectivity index (χ0v) is 22.9. The van der Waals surface area contributed by atoms with E-state index in [2.05, 4.69) is 10.2 Å². The van der Waals surface area contributed by atoms with Gasteiger partial charge in [-0.15, -0.1) is 10.2 Å². The topological polar surface area (TPSA) is 182 Å². The van der Waals surface area contributed by atoms with Crippen molar-refractivity contribution in [1.29, 1.82) is 0 Å². The van der Waals surface area contributed by atoms with E-state index >= 15 is 0 Å². The van der Waals surface area contributed by atoms with E-state index in [0.29, 0.717) is 22.5 Å². The number of allylic oxidation sites excluding steroid dienone is 2. The molecule has 0 aliphatic rings. The zero-order valence-electron chi connectivity index (χ0n) is 22.9. The summed E-state index contributed by atoms with van der Waals surface area (Å²) in [5.74, 6) is -4.01. The summed E-state index contributed by atoms with van der Waals surface area (Å²) in [5.41, 5.74) is 12.2. The number of nitrogens with two attached hydrogens (primary N) is 2. The lowest BCUT2D eigenvalue weighted by atomic mass is 9.97. The van der Waals surface area contributed by atoms with E-state index in [-0.39, 0.29) is 22.3 Å². The number of anilines is 2. The first-order valence-corrected chi connectivity index (χ1v) is 11.6. The summed E-state index contributed by atoms with van der Waals surface area (Å²) < 4.78 is 19.5. The molecular weight excluding hydrogens is 520 g/mol. The number of rotatable bonds is 9. The van der Waals surface area contributed by atoms with Crippen LogP contribution in [-0.2, 0) is 38.1 Å². The quantitative estimate of drug-likeness (QED) is 0.118. The van der Waals surface area contributed by atoms with Crippen LogP contribution in [0.15, 0.2) is 69.9 Å². The van der Waals surface area contributed by atoms with Gasteiger partial charge in [0.05, 0.1) is 39.6 Å². The number of hydrogen-bond acceptors (Lipinski definition) is 12. The van der Waals surface area contributed by atoms with E-state index < -0.39 is 35.3 Å². The number of methoxy groups -OCH3 is 4. The molecule has 0 bridgehead atoms. The Balaban J connectivity index is 2.94. The normalized spacial score (nSPS) is 12.9. The summed E-state index contributed by atoms with van der Waals surface area (Å²) in [4.78, 5) is 51.4. The second-order valence-corrected chi connectivity index (χ2v) is 8.11. The Morgan fingerprint density at radius 2 is 0.800 bits per heavy atom. The summed E-state index contributed by atoms with van der Waals surface area (Å²) in [7, 11) is 4.37. The highest BCUT2D eigenvalue weighted by molar-refractivity contribution is 6.52. The minimum atomic E-state index is -1.07. The standard InChI is InChI=1S/C28H30N4O8/c1-15(17-7-11-19(29)12-8-17)21(25(33)37-3)23(27(35)39-5)31-32-24(28(36)40-6)22(26(34)38-4)16(2)18-9-13-20(30)14-10-18/h7-14H,29-30H2,1-6H3/b21-15+,22-16+,31-23-,32-24-. The molecule has 0 radical (unpaired) electrons. The number of carbonyl (C=O) groups is 4. The van der Waals surface area contributed by atoms with Crippen molar-refractivity contribution < 1.29 is 38.1 Å². The van der Waals surface area contributed by atoms with Crippen molar-refractivity contribution >= 4 is 57.8 Å². The molecule has 0 heterocycles. The maximum Gasteiger partial charge on any atom is 0.359 e. The molecule has 0 aliphatic heterocycles. The van der Waals surface area contributed by atoms with Crippen molar-refractivity contribution in [1.82, 2.24) is 0 Å². The number of esters is 4. The molecule has 2 aromatic carbocycles. The molecule has 0 saturated heterocycles. The molecule has 40 heavy (non-hydrogen) atoms. The van der Waals surface area contributed by atoms with Gasteiger partial charge in [0.2, 0.25) is 0 Å². The number of nitrogen functional groups attached to an aromatic ring is 2. The van der Waals surface area contributed by atoms with E-state index in [9.17, 15) is 19.2 Å². The minimum absolute atomic E-state index is 0.271. The first-order valence-electron chi connectivity index (χ1n) is 11.6. The third-order valence-electron chi connectivity index (χ3n) is 5.70. The molecule has 4 N–H and O–H groups in total. The second kappa shape index (κ2) is 14.0. The average Bonchev–Trinajstić information content (AvgIpc) is 2.97. The Morgan fingerprint density at radius 1 is 0.525 bits per heavy atom. The SMILES string of the molecule is COC(=O)C(=N\N=C(C(=O)OC)\C(C(=O)OC)=C(\C)c1ccc(N)cc1)/C(C(=O)OC)=C(/C)c1ccc(N)cc1. The van der Waals surface area contributed by atoms with Gasteiger partial charge in [-0.1, -0.05) is 24.3 Å². The molecule has 0 amide bonds. The van der Waals surface area contributed by atoms with Gasteiger partial charge in [0.15, 0.2) is 11.4 Å². The van der Waals surface area contributed by atoms with Gasteiger partial charge in [-0.3, -0.25) is 0 Å². The van der Waals surface area contributed by atoms with Crippen LogP contribution in [0.1, 0.15) is 25.0 Å². The summed E-state index contributed by atoms with van der Waals surface area (Å²) in [5, 5.41) is 7.82. The Hall–Kier alpha value is -5.26. The highest BCUT2D eigenvalue weighted by Crippen LogP contribution is 2.24. The molecule has 12 nitrogen and oxygen atoms in total. The van der Waals surface area contributed by atoms with Crippen LogP contribution < -0.4 is 11.5 Å². The molecule has 0 aromatic heterocycles. The third kappa shape index (κ3) is 7.19. The Labute approximate surface area is 230 Å². The third-order valence-corrected chi connectivity index (χ3v) is 5.70. The van der Waals surface area contributed by atoms with Crippen LogP contribution in [0.25, 0.3) is 11.1 Å². The number of benzene rings is 2. The van der Waals surface area contributed by atoms with Crippen LogP contribution in [0, 0.1) is 0 Å². The maximum absolute atomic E-state index is 12.9. The summed E-state index contributed by atoms with van der Waals surface area (Å²) in [6, 6.07) is 12.9. The molecule has 2 aromatic rings. The first kappa shape index (κ1) is 31.0. The van der Waals surface area contributed by atoms with Crippen molar-refractivity contribution in [3.05, 3.63) is 70.8 Å². The molecular formula is C28H30N4O8. The van der Waals surface area contributed by atoms with Crippen LogP contribution in [0.2, 0.25) is 0 Å².